The molecule has 0 bridgehead atoms. The molecule has 0 radical (unpaired) electrons. The van der Waals surface area contributed by atoms with Crippen LogP contribution in [0.2, 0.25) is 0 Å². The Labute approximate surface area is 226 Å². The summed E-state index contributed by atoms with van der Waals surface area (Å²) in [5, 5.41) is 17.5. The number of rotatable bonds is 10. The van der Waals surface area contributed by atoms with Gasteiger partial charge in [0.2, 0.25) is 0 Å². The van der Waals surface area contributed by atoms with Crippen molar-refractivity contribution in [2.45, 2.75) is 25.1 Å². The van der Waals surface area contributed by atoms with Crippen LogP contribution in [0.15, 0.2) is 67.1 Å². The van der Waals surface area contributed by atoms with Crippen LogP contribution >= 0.6 is 0 Å². The molecule has 0 saturated heterocycles. The van der Waals surface area contributed by atoms with Crippen molar-refractivity contribution in [3.8, 4) is 17.2 Å². The van der Waals surface area contributed by atoms with Gasteiger partial charge in [0.25, 0.3) is 5.91 Å². The maximum absolute atomic E-state index is 14.6. The number of alkyl halides is 3. The van der Waals surface area contributed by atoms with Gasteiger partial charge in [0.1, 0.15) is 11.3 Å². The fraction of sp³-hybridized carbons (Fsp3) is 0.259. The van der Waals surface area contributed by atoms with Crippen LogP contribution in [0.25, 0.3) is 5.69 Å². The smallest absolute Gasteiger partial charge is 0.422 e. The summed E-state index contributed by atoms with van der Waals surface area (Å²) in [5.41, 5.74) is -1.04. The van der Waals surface area contributed by atoms with E-state index >= 15 is 0 Å². The van der Waals surface area contributed by atoms with Crippen molar-refractivity contribution in [2.75, 3.05) is 30.4 Å². The van der Waals surface area contributed by atoms with Crippen molar-refractivity contribution in [3.05, 3.63) is 84.2 Å². The van der Waals surface area contributed by atoms with Crippen LogP contribution in [-0.2, 0) is 6.18 Å². The summed E-state index contributed by atoms with van der Waals surface area (Å²) in [6.07, 6.45) is 1.57. The molecular formula is C27H25F4N7O2. The number of nitrogens with zero attached hydrogens (tertiary/aromatic N) is 5. The van der Waals surface area contributed by atoms with E-state index in [0.717, 1.165) is 25.0 Å². The van der Waals surface area contributed by atoms with Crippen LogP contribution < -0.4 is 20.3 Å². The topological polar surface area (TPSA) is 97.2 Å². The van der Waals surface area contributed by atoms with Crippen molar-refractivity contribution in [3.63, 3.8) is 0 Å². The van der Waals surface area contributed by atoms with Gasteiger partial charge in [-0.25, -0.2) is 9.07 Å². The third-order valence-electron chi connectivity index (χ3n) is 6.22. The van der Waals surface area contributed by atoms with Crippen LogP contribution in [0.5, 0.6) is 11.5 Å². The van der Waals surface area contributed by atoms with Crippen molar-refractivity contribution in [1.82, 2.24) is 25.3 Å². The lowest BCUT2D eigenvalue weighted by Crippen LogP contribution is -2.32. The fourth-order valence-electron chi connectivity index (χ4n) is 4.11. The molecule has 2 aromatic heterocycles. The van der Waals surface area contributed by atoms with Gasteiger partial charge in [-0.2, -0.15) is 28.5 Å². The van der Waals surface area contributed by atoms with Gasteiger partial charge in [0, 0.05) is 32.4 Å². The molecular weight excluding hydrogens is 530 g/mol. The molecule has 1 fully saturated rings. The van der Waals surface area contributed by atoms with E-state index in [1.807, 2.05) is 0 Å². The summed E-state index contributed by atoms with van der Waals surface area (Å²) in [6, 6.07) is 11.0. The Morgan fingerprint density at radius 2 is 1.90 bits per heavy atom. The number of hydrogen-bond donors (Lipinski definition) is 2. The molecule has 1 aliphatic carbocycles. The Bertz CT molecular complexity index is 1490. The van der Waals surface area contributed by atoms with Gasteiger partial charge in [-0.3, -0.25) is 4.79 Å². The Morgan fingerprint density at radius 3 is 2.60 bits per heavy atom. The Kier molecular flexibility index (Phi) is 7.65. The van der Waals surface area contributed by atoms with Crippen LogP contribution in [0.3, 0.4) is 0 Å². The predicted octanol–water partition coefficient (Wildman–Crippen LogP) is 5.05. The molecule has 0 atom stereocenters. The van der Waals surface area contributed by atoms with Gasteiger partial charge in [-0.05, 0) is 49.2 Å². The van der Waals surface area contributed by atoms with Gasteiger partial charge in [-0.1, -0.05) is 12.1 Å². The first-order valence-corrected chi connectivity index (χ1v) is 12.5. The van der Waals surface area contributed by atoms with Crippen LogP contribution in [0, 0.1) is 5.82 Å². The zero-order valence-electron chi connectivity index (χ0n) is 21.3. The molecule has 4 aromatic rings. The highest BCUT2D eigenvalue weighted by molar-refractivity contribution is 6.05. The number of nitrogens with one attached hydrogen (secondary N) is 2. The number of para-hydroxylation sites is 1. The maximum Gasteiger partial charge on any atom is 0.422 e. The van der Waals surface area contributed by atoms with E-state index < -0.39 is 29.2 Å². The molecule has 13 heteroatoms. The standard InChI is InChI=1S/C27H25F4N7O2/c1-37(15-13-32-17-6-7-17)25-20(35-26(39)21-11-14-38(36-21)18-10-12-33-34-16-18)8-9-23(24(25)27(29,30)31)40-22-5-3-2-4-19(22)28/h2-5,8-12,14,16-17,32H,6-7,13,15H2,1H3,(H,35,39). The average Bonchev–Trinajstić information content (AvgIpc) is 3.62. The van der Waals surface area contributed by atoms with Gasteiger partial charge >= 0.3 is 6.18 Å². The lowest BCUT2D eigenvalue weighted by molar-refractivity contribution is -0.138. The number of ether oxygens (including phenoxy) is 1. The number of benzene rings is 2. The molecule has 2 heterocycles. The highest BCUT2D eigenvalue weighted by Gasteiger charge is 2.40. The number of aromatic nitrogens is 4. The monoisotopic (exact) mass is 555 g/mol. The number of hydrogen-bond acceptors (Lipinski definition) is 7. The normalized spacial score (nSPS) is 13.2. The summed E-state index contributed by atoms with van der Waals surface area (Å²) in [5.74, 6) is -2.48. The van der Waals surface area contributed by atoms with Crippen molar-refractivity contribution >= 4 is 17.3 Å². The van der Waals surface area contributed by atoms with E-state index in [1.54, 1.807) is 6.07 Å². The number of carbonyl (C=O) groups is 1. The first-order valence-electron chi connectivity index (χ1n) is 12.5. The lowest BCUT2D eigenvalue weighted by atomic mass is 10.1. The van der Waals surface area contributed by atoms with Crippen LogP contribution in [0.1, 0.15) is 28.9 Å². The first kappa shape index (κ1) is 27.1. The lowest BCUT2D eigenvalue weighted by Gasteiger charge is -2.28. The number of anilines is 2. The minimum atomic E-state index is -4.90. The molecule has 0 unspecified atom stereocenters. The van der Waals surface area contributed by atoms with E-state index in [4.69, 9.17) is 4.74 Å². The number of halogens is 4. The Morgan fingerprint density at radius 1 is 1.10 bits per heavy atom. The van der Waals surface area contributed by atoms with Crippen LogP contribution in [0.4, 0.5) is 28.9 Å². The van der Waals surface area contributed by atoms with Gasteiger partial charge in [-0.15, -0.1) is 0 Å². The SMILES string of the molecule is CN(CCNC1CC1)c1c(NC(=O)c2ccn(-c3ccnnc3)n2)ccc(Oc2ccccc2F)c1C(F)(F)F. The molecule has 5 rings (SSSR count). The molecule has 2 aromatic carbocycles. The highest BCUT2D eigenvalue weighted by atomic mass is 19.4. The largest absolute Gasteiger partial charge is 0.454 e. The van der Waals surface area contributed by atoms with E-state index in [-0.39, 0.29) is 29.4 Å². The summed E-state index contributed by atoms with van der Waals surface area (Å²) in [4.78, 5) is 14.5. The summed E-state index contributed by atoms with van der Waals surface area (Å²) >= 11 is 0. The fourth-order valence-corrected chi connectivity index (χ4v) is 4.11. The van der Waals surface area contributed by atoms with E-state index in [9.17, 15) is 22.4 Å². The molecule has 1 saturated carbocycles. The van der Waals surface area contributed by atoms with Crippen LogP contribution in [-0.4, -0.2) is 52.1 Å². The first-order chi connectivity index (χ1) is 19.2. The zero-order chi connectivity index (χ0) is 28.3. The molecule has 0 aliphatic heterocycles. The molecule has 40 heavy (non-hydrogen) atoms. The average molecular weight is 556 g/mol. The summed E-state index contributed by atoms with van der Waals surface area (Å²) in [6.45, 7) is 0.629. The minimum Gasteiger partial charge on any atom is -0.454 e. The number of carbonyl (C=O) groups excluding carboxylic acids is 1. The molecule has 9 nitrogen and oxygen atoms in total. The van der Waals surface area contributed by atoms with E-state index in [1.165, 1.54) is 65.6 Å². The van der Waals surface area contributed by atoms with Crippen molar-refractivity contribution in [1.29, 1.82) is 0 Å². The molecule has 0 spiro atoms. The molecule has 1 amide bonds. The summed E-state index contributed by atoms with van der Waals surface area (Å²) in [7, 11) is 1.49. The van der Waals surface area contributed by atoms with Crippen molar-refractivity contribution < 1.29 is 27.1 Å². The Hall–Kier alpha value is -4.52. The molecule has 2 N–H and O–H groups in total. The van der Waals surface area contributed by atoms with Gasteiger partial charge in [0.15, 0.2) is 17.3 Å². The zero-order valence-corrected chi connectivity index (χ0v) is 21.3. The minimum absolute atomic E-state index is 0.0268. The predicted molar refractivity (Wildman–Crippen MR) is 139 cm³/mol. The highest BCUT2D eigenvalue weighted by Crippen LogP contribution is 2.47. The third kappa shape index (κ3) is 6.20. The van der Waals surface area contributed by atoms with Gasteiger partial charge < -0.3 is 20.3 Å². The number of likely N-dealkylation sites (N-methyl/N-ethyl adjacent to an activating group) is 1. The maximum atomic E-state index is 14.6. The second-order valence-electron chi connectivity index (χ2n) is 9.22. The van der Waals surface area contributed by atoms with Gasteiger partial charge in [0.05, 0.1) is 29.5 Å². The van der Waals surface area contributed by atoms with Crippen molar-refractivity contribution in [2.24, 2.45) is 0 Å². The van der Waals surface area contributed by atoms with E-state index in [2.05, 4.69) is 25.9 Å². The quantitative estimate of drug-likeness (QED) is 0.264. The number of amides is 1. The second kappa shape index (κ2) is 11.3. The third-order valence-corrected chi connectivity index (χ3v) is 6.22. The Balaban J connectivity index is 1.50. The summed E-state index contributed by atoms with van der Waals surface area (Å²) < 4.78 is 64.9. The second-order valence-corrected chi connectivity index (χ2v) is 9.22. The molecule has 208 valence electrons. The molecule has 1 aliphatic rings. The van der Waals surface area contributed by atoms with E-state index in [0.29, 0.717) is 18.3 Å².